The van der Waals surface area contributed by atoms with Crippen LogP contribution < -0.4 is 11.1 Å². The second-order valence-electron chi connectivity index (χ2n) is 3.67. The van der Waals surface area contributed by atoms with Crippen molar-refractivity contribution in [1.82, 2.24) is 4.98 Å². The lowest BCUT2D eigenvalue weighted by Gasteiger charge is -2.17. The third-order valence-electron chi connectivity index (χ3n) is 2.33. The van der Waals surface area contributed by atoms with Crippen LogP contribution in [0.4, 0.5) is 5.82 Å². The lowest BCUT2D eigenvalue weighted by Crippen LogP contribution is -2.23. The average molecular weight is 272 g/mol. The number of anilines is 1. The normalized spacial score (nSPS) is 12.5. The number of aryl methyl sites for hydroxylation is 1. The molecule has 0 aliphatic rings. The molecule has 4 heteroatoms. The Balaban J connectivity index is 2.70. The molecule has 0 aromatic carbocycles. The molecule has 0 fully saturated rings. The van der Waals surface area contributed by atoms with Crippen LogP contribution in [0, 0.1) is 6.92 Å². The summed E-state index contributed by atoms with van der Waals surface area (Å²) < 4.78 is 1.01. The SMILES string of the molecule is CCC(CCN)Nc1ncc(C)cc1Br. The Bertz CT molecular complexity index is 315. The molecule has 0 radical (unpaired) electrons. The topological polar surface area (TPSA) is 50.9 Å². The van der Waals surface area contributed by atoms with Gasteiger partial charge in [-0.1, -0.05) is 6.92 Å². The number of rotatable bonds is 5. The monoisotopic (exact) mass is 271 g/mol. The van der Waals surface area contributed by atoms with Crippen LogP contribution in [-0.4, -0.2) is 17.6 Å². The summed E-state index contributed by atoms with van der Waals surface area (Å²) in [5.74, 6) is 0.904. The molecule has 15 heavy (non-hydrogen) atoms. The summed E-state index contributed by atoms with van der Waals surface area (Å²) in [5, 5.41) is 3.39. The van der Waals surface area contributed by atoms with Crippen LogP contribution in [0.5, 0.6) is 0 Å². The zero-order valence-electron chi connectivity index (χ0n) is 9.26. The first-order chi connectivity index (χ1) is 7.17. The van der Waals surface area contributed by atoms with E-state index in [-0.39, 0.29) is 0 Å². The van der Waals surface area contributed by atoms with Gasteiger partial charge in [0, 0.05) is 12.2 Å². The van der Waals surface area contributed by atoms with Gasteiger partial charge in [0.05, 0.1) is 4.47 Å². The van der Waals surface area contributed by atoms with Gasteiger partial charge in [0.15, 0.2) is 0 Å². The summed E-state index contributed by atoms with van der Waals surface area (Å²) in [6.45, 7) is 4.88. The summed E-state index contributed by atoms with van der Waals surface area (Å²) in [5.41, 5.74) is 6.70. The van der Waals surface area contributed by atoms with E-state index in [2.05, 4.69) is 39.2 Å². The van der Waals surface area contributed by atoms with Crippen LogP contribution in [0.1, 0.15) is 25.3 Å². The van der Waals surface area contributed by atoms with Gasteiger partial charge in [-0.25, -0.2) is 4.98 Å². The number of hydrogen-bond acceptors (Lipinski definition) is 3. The Morgan fingerprint density at radius 1 is 1.60 bits per heavy atom. The molecule has 3 nitrogen and oxygen atoms in total. The maximum absolute atomic E-state index is 5.55. The first kappa shape index (κ1) is 12.5. The van der Waals surface area contributed by atoms with E-state index in [9.17, 15) is 0 Å². The molecule has 84 valence electrons. The van der Waals surface area contributed by atoms with Crippen molar-refractivity contribution >= 4 is 21.7 Å². The Hall–Kier alpha value is -0.610. The van der Waals surface area contributed by atoms with Crippen molar-refractivity contribution in [2.45, 2.75) is 32.7 Å². The predicted molar refractivity (Wildman–Crippen MR) is 68.0 cm³/mol. The number of nitrogens with one attached hydrogen (secondary N) is 1. The van der Waals surface area contributed by atoms with Crippen molar-refractivity contribution < 1.29 is 0 Å². The van der Waals surface area contributed by atoms with E-state index < -0.39 is 0 Å². The Kier molecular flexibility index (Phi) is 5.05. The molecule has 1 atom stereocenters. The van der Waals surface area contributed by atoms with Crippen molar-refractivity contribution in [2.75, 3.05) is 11.9 Å². The molecule has 1 heterocycles. The first-order valence-corrected chi connectivity index (χ1v) is 6.05. The molecule has 0 amide bonds. The smallest absolute Gasteiger partial charge is 0.140 e. The Morgan fingerprint density at radius 2 is 2.33 bits per heavy atom. The number of nitrogens with two attached hydrogens (primary N) is 1. The van der Waals surface area contributed by atoms with Crippen molar-refractivity contribution in [1.29, 1.82) is 0 Å². The summed E-state index contributed by atoms with van der Waals surface area (Å²) in [6, 6.07) is 2.46. The molecule has 0 saturated heterocycles. The second-order valence-corrected chi connectivity index (χ2v) is 4.52. The molecule has 3 N–H and O–H groups in total. The van der Waals surface area contributed by atoms with E-state index >= 15 is 0 Å². The van der Waals surface area contributed by atoms with Crippen LogP contribution in [0.15, 0.2) is 16.7 Å². The molecule has 0 aliphatic carbocycles. The van der Waals surface area contributed by atoms with Gasteiger partial charge >= 0.3 is 0 Å². The molecule has 1 aromatic rings. The Morgan fingerprint density at radius 3 is 2.87 bits per heavy atom. The summed E-state index contributed by atoms with van der Waals surface area (Å²) in [6.07, 6.45) is 3.89. The molecular weight excluding hydrogens is 254 g/mol. The van der Waals surface area contributed by atoms with Gasteiger partial charge in [0.1, 0.15) is 5.82 Å². The van der Waals surface area contributed by atoms with Crippen LogP contribution >= 0.6 is 15.9 Å². The number of nitrogens with zero attached hydrogens (tertiary/aromatic N) is 1. The van der Waals surface area contributed by atoms with Crippen molar-refractivity contribution in [3.05, 3.63) is 22.3 Å². The lowest BCUT2D eigenvalue weighted by atomic mass is 10.1. The highest BCUT2D eigenvalue weighted by molar-refractivity contribution is 9.10. The number of pyridine rings is 1. The lowest BCUT2D eigenvalue weighted by molar-refractivity contribution is 0.639. The molecular formula is C11H18BrN3. The fraction of sp³-hybridized carbons (Fsp3) is 0.545. The van der Waals surface area contributed by atoms with E-state index in [1.54, 1.807) is 0 Å². The largest absolute Gasteiger partial charge is 0.366 e. The van der Waals surface area contributed by atoms with Gasteiger partial charge in [0.25, 0.3) is 0 Å². The highest BCUT2D eigenvalue weighted by Crippen LogP contribution is 2.22. The maximum atomic E-state index is 5.55. The third-order valence-corrected chi connectivity index (χ3v) is 2.93. The highest BCUT2D eigenvalue weighted by atomic mass is 79.9. The number of halogens is 1. The third kappa shape index (κ3) is 3.80. The molecule has 0 aliphatic heterocycles. The van der Waals surface area contributed by atoms with E-state index in [1.165, 1.54) is 0 Å². The fourth-order valence-electron chi connectivity index (χ4n) is 1.41. The van der Waals surface area contributed by atoms with Crippen molar-refractivity contribution in [3.8, 4) is 0 Å². The standard InChI is InChI=1S/C11H18BrN3/c1-3-9(4-5-13)15-11-10(12)6-8(2)7-14-11/h6-7,9H,3-5,13H2,1-2H3,(H,14,15). The number of aromatic nitrogens is 1. The van der Waals surface area contributed by atoms with E-state index in [4.69, 9.17) is 5.73 Å². The minimum Gasteiger partial charge on any atom is -0.366 e. The van der Waals surface area contributed by atoms with Crippen molar-refractivity contribution in [3.63, 3.8) is 0 Å². The quantitative estimate of drug-likeness (QED) is 0.866. The highest BCUT2D eigenvalue weighted by Gasteiger charge is 2.08. The van der Waals surface area contributed by atoms with E-state index in [1.807, 2.05) is 13.1 Å². The fourth-order valence-corrected chi connectivity index (χ4v) is 1.99. The van der Waals surface area contributed by atoms with E-state index in [0.29, 0.717) is 12.6 Å². The van der Waals surface area contributed by atoms with E-state index in [0.717, 1.165) is 28.7 Å². The summed E-state index contributed by atoms with van der Waals surface area (Å²) in [7, 11) is 0. The van der Waals surface area contributed by atoms with Crippen LogP contribution in [0.25, 0.3) is 0 Å². The average Bonchev–Trinajstić information content (AvgIpc) is 2.21. The maximum Gasteiger partial charge on any atom is 0.140 e. The van der Waals surface area contributed by atoms with Crippen LogP contribution in [0.3, 0.4) is 0 Å². The van der Waals surface area contributed by atoms with Gasteiger partial charge in [-0.3, -0.25) is 0 Å². The number of hydrogen-bond donors (Lipinski definition) is 2. The zero-order valence-corrected chi connectivity index (χ0v) is 10.8. The van der Waals surface area contributed by atoms with Gasteiger partial charge < -0.3 is 11.1 Å². The molecule has 1 aromatic heterocycles. The van der Waals surface area contributed by atoms with Gasteiger partial charge in [0.2, 0.25) is 0 Å². The van der Waals surface area contributed by atoms with Crippen molar-refractivity contribution in [2.24, 2.45) is 5.73 Å². The van der Waals surface area contributed by atoms with Gasteiger partial charge in [-0.2, -0.15) is 0 Å². The predicted octanol–water partition coefficient (Wildman–Crippen LogP) is 2.69. The molecule has 0 bridgehead atoms. The minimum absolute atomic E-state index is 0.404. The zero-order chi connectivity index (χ0) is 11.3. The first-order valence-electron chi connectivity index (χ1n) is 5.26. The van der Waals surface area contributed by atoms with Gasteiger partial charge in [-0.05, 0) is 53.9 Å². The summed E-state index contributed by atoms with van der Waals surface area (Å²) >= 11 is 3.50. The second kappa shape index (κ2) is 6.08. The molecule has 1 unspecified atom stereocenters. The van der Waals surface area contributed by atoms with Gasteiger partial charge in [-0.15, -0.1) is 0 Å². The summed E-state index contributed by atoms with van der Waals surface area (Å²) in [4.78, 5) is 4.35. The minimum atomic E-state index is 0.404. The Labute approximate surface area is 99.6 Å². The molecule has 0 spiro atoms. The molecule has 0 saturated carbocycles. The molecule has 1 rings (SSSR count). The van der Waals surface area contributed by atoms with Crippen LogP contribution in [-0.2, 0) is 0 Å². The van der Waals surface area contributed by atoms with Crippen LogP contribution in [0.2, 0.25) is 0 Å².